The highest BCUT2D eigenvalue weighted by atomic mass is 16.5. The molecule has 1 aliphatic heterocycles. The first-order chi connectivity index (χ1) is 7.99. The largest absolute Gasteiger partial charge is 0.496 e. The molecule has 0 radical (unpaired) electrons. The molecule has 0 saturated carbocycles. The van der Waals surface area contributed by atoms with E-state index in [1.807, 2.05) is 6.92 Å². The fourth-order valence-corrected chi connectivity index (χ4v) is 2.58. The maximum absolute atomic E-state index is 11.9. The molecule has 0 aliphatic carbocycles. The third-order valence-electron chi connectivity index (χ3n) is 3.73. The van der Waals surface area contributed by atoms with Crippen molar-refractivity contribution in [1.82, 2.24) is 0 Å². The number of esters is 1. The highest BCUT2D eigenvalue weighted by Gasteiger charge is 2.31. The molecule has 1 aromatic rings. The summed E-state index contributed by atoms with van der Waals surface area (Å²) < 4.78 is 10.6. The van der Waals surface area contributed by atoms with E-state index >= 15 is 0 Å². The standard InChI is InChI=1S/C14H18O3/c1-7-6-17-14(15)12-11(7)9(3)8(2)10(4)13(12)16-5/h7H,6H2,1-5H3. The monoisotopic (exact) mass is 234 g/mol. The number of carbonyl (C=O) groups is 1. The average Bonchev–Trinajstić information content (AvgIpc) is 2.31. The Morgan fingerprint density at radius 3 is 2.41 bits per heavy atom. The number of hydrogen-bond acceptors (Lipinski definition) is 3. The Balaban J connectivity index is 2.84. The smallest absolute Gasteiger partial charge is 0.342 e. The van der Waals surface area contributed by atoms with Gasteiger partial charge in [-0.15, -0.1) is 0 Å². The molecule has 92 valence electrons. The summed E-state index contributed by atoms with van der Waals surface area (Å²) in [6.45, 7) is 8.65. The molecular weight excluding hydrogens is 216 g/mol. The number of hydrogen-bond donors (Lipinski definition) is 0. The summed E-state index contributed by atoms with van der Waals surface area (Å²) >= 11 is 0. The second kappa shape index (κ2) is 4.06. The average molecular weight is 234 g/mol. The number of cyclic esters (lactones) is 1. The fourth-order valence-electron chi connectivity index (χ4n) is 2.58. The summed E-state index contributed by atoms with van der Waals surface area (Å²) in [5, 5.41) is 0. The van der Waals surface area contributed by atoms with Gasteiger partial charge in [0.2, 0.25) is 0 Å². The Hall–Kier alpha value is -1.51. The number of benzene rings is 1. The molecule has 0 bridgehead atoms. The Morgan fingerprint density at radius 2 is 1.82 bits per heavy atom. The van der Waals surface area contributed by atoms with Crippen LogP contribution in [0.4, 0.5) is 0 Å². The van der Waals surface area contributed by atoms with Crippen LogP contribution in [0.5, 0.6) is 5.75 Å². The predicted molar refractivity (Wildman–Crippen MR) is 65.9 cm³/mol. The highest BCUT2D eigenvalue weighted by Crippen LogP contribution is 2.39. The summed E-state index contributed by atoms with van der Waals surface area (Å²) in [6, 6.07) is 0. The number of carbonyl (C=O) groups excluding carboxylic acids is 1. The molecule has 0 N–H and O–H groups in total. The first-order valence-corrected chi connectivity index (χ1v) is 5.83. The van der Waals surface area contributed by atoms with Gasteiger partial charge in [0.1, 0.15) is 11.3 Å². The molecule has 1 heterocycles. The van der Waals surface area contributed by atoms with Gasteiger partial charge in [0.25, 0.3) is 0 Å². The number of fused-ring (bicyclic) bond motifs is 1. The second-order valence-electron chi connectivity index (χ2n) is 4.70. The van der Waals surface area contributed by atoms with Gasteiger partial charge >= 0.3 is 5.97 Å². The fraction of sp³-hybridized carbons (Fsp3) is 0.500. The maximum Gasteiger partial charge on any atom is 0.342 e. The van der Waals surface area contributed by atoms with Crippen molar-refractivity contribution in [1.29, 1.82) is 0 Å². The van der Waals surface area contributed by atoms with Crippen LogP contribution >= 0.6 is 0 Å². The molecular formula is C14H18O3. The number of methoxy groups -OCH3 is 1. The normalized spacial score (nSPS) is 18.6. The van der Waals surface area contributed by atoms with Gasteiger partial charge in [-0.2, -0.15) is 0 Å². The molecule has 0 fully saturated rings. The summed E-state index contributed by atoms with van der Waals surface area (Å²) in [4.78, 5) is 11.9. The Kier molecular flexibility index (Phi) is 2.86. The number of ether oxygens (including phenoxy) is 2. The lowest BCUT2D eigenvalue weighted by molar-refractivity contribution is 0.0443. The van der Waals surface area contributed by atoms with E-state index < -0.39 is 0 Å². The number of rotatable bonds is 1. The Labute approximate surface area is 102 Å². The van der Waals surface area contributed by atoms with Gasteiger partial charge in [-0.1, -0.05) is 6.92 Å². The van der Waals surface area contributed by atoms with Gasteiger partial charge in [0, 0.05) is 5.92 Å². The first kappa shape index (κ1) is 12.0. The van der Waals surface area contributed by atoms with Crippen LogP contribution in [0, 0.1) is 20.8 Å². The quantitative estimate of drug-likeness (QED) is 0.701. The zero-order valence-electron chi connectivity index (χ0n) is 11.0. The molecule has 17 heavy (non-hydrogen) atoms. The predicted octanol–water partition coefficient (Wildman–Crippen LogP) is 2.89. The van der Waals surface area contributed by atoms with E-state index in [9.17, 15) is 4.79 Å². The van der Waals surface area contributed by atoms with Crippen molar-refractivity contribution in [2.75, 3.05) is 13.7 Å². The zero-order chi connectivity index (χ0) is 12.7. The van der Waals surface area contributed by atoms with E-state index in [0.29, 0.717) is 17.9 Å². The van der Waals surface area contributed by atoms with Gasteiger partial charge in [-0.05, 0) is 43.0 Å². The van der Waals surface area contributed by atoms with Crippen molar-refractivity contribution in [3.8, 4) is 5.75 Å². The van der Waals surface area contributed by atoms with Crippen LogP contribution in [0.3, 0.4) is 0 Å². The maximum atomic E-state index is 11.9. The molecule has 1 unspecified atom stereocenters. The summed E-state index contributed by atoms with van der Waals surface area (Å²) in [7, 11) is 1.60. The third kappa shape index (κ3) is 1.61. The molecule has 1 aromatic carbocycles. The topological polar surface area (TPSA) is 35.5 Å². The van der Waals surface area contributed by atoms with E-state index in [0.717, 1.165) is 11.1 Å². The minimum atomic E-state index is -0.263. The van der Waals surface area contributed by atoms with Crippen LogP contribution in [0.25, 0.3) is 0 Å². The molecule has 2 rings (SSSR count). The minimum Gasteiger partial charge on any atom is -0.496 e. The molecule has 0 saturated heterocycles. The van der Waals surface area contributed by atoms with Crippen LogP contribution in [-0.2, 0) is 4.74 Å². The molecule has 0 spiro atoms. The molecule has 0 aromatic heterocycles. The molecule has 1 atom stereocenters. The molecule has 0 amide bonds. The van der Waals surface area contributed by atoms with Gasteiger partial charge in [-0.3, -0.25) is 0 Å². The molecule has 3 heteroatoms. The van der Waals surface area contributed by atoms with E-state index in [1.165, 1.54) is 11.1 Å². The Morgan fingerprint density at radius 1 is 1.18 bits per heavy atom. The van der Waals surface area contributed by atoms with Crippen LogP contribution in [0.2, 0.25) is 0 Å². The van der Waals surface area contributed by atoms with Crippen molar-refractivity contribution in [2.24, 2.45) is 0 Å². The van der Waals surface area contributed by atoms with Crippen molar-refractivity contribution in [3.05, 3.63) is 27.8 Å². The van der Waals surface area contributed by atoms with E-state index in [-0.39, 0.29) is 11.9 Å². The summed E-state index contributed by atoms with van der Waals surface area (Å²) in [5.41, 5.74) is 5.10. The second-order valence-corrected chi connectivity index (χ2v) is 4.70. The van der Waals surface area contributed by atoms with Crippen molar-refractivity contribution >= 4 is 5.97 Å². The van der Waals surface area contributed by atoms with E-state index in [1.54, 1.807) is 7.11 Å². The van der Waals surface area contributed by atoms with Crippen LogP contribution in [-0.4, -0.2) is 19.7 Å². The van der Waals surface area contributed by atoms with E-state index in [2.05, 4.69) is 20.8 Å². The highest BCUT2D eigenvalue weighted by molar-refractivity contribution is 5.96. The van der Waals surface area contributed by atoms with E-state index in [4.69, 9.17) is 9.47 Å². The van der Waals surface area contributed by atoms with Crippen molar-refractivity contribution in [2.45, 2.75) is 33.6 Å². The summed E-state index contributed by atoms with van der Waals surface area (Å²) in [6.07, 6.45) is 0. The van der Waals surface area contributed by atoms with Crippen LogP contribution in [0.1, 0.15) is 45.5 Å². The van der Waals surface area contributed by atoms with Gasteiger partial charge in [0.15, 0.2) is 0 Å². The van der Waals surface area contributed by atoms with Crippen molar-refractivity contribution in [3.63, 3.8) is 0 Å². The lowest BCUT2D eigenvalue weighted by Crippen LogP contribution is -2.24. The van der Waals surface area contributed by atoms with Gasteiger partial charge in [0.05, 0.1) is 13.7 Å². The third-order valence-corrected chi connectivity index (χ3v) is 3.73. The first-order valence-electron chi connectivity index (χ1n) is 5.83. The zero-order valence-corrected chi connectivity index (χ0v) is 11.0. The van der Waals surface area contributed by atoms with Gasteiger partial charge in [-0.25, -0.2) is 4.79 Å². The lowest BCUT2D eigenvalue weighted by atomic mass is 9.85. The minimum absolute atomic E-state index is 0.232. The SMILES string of the molecule is COc1c(C)c(C)c(C)c2c1C(=O)OCC2C. The van der Waals surface area contributed by atoms with Gasteiger partial charge < -0.3 is 9.47 Å². The Bertz CT molecular complexity index is 489. The molecule has 1 aliphatic rings. The van der Waals surface area contributed by atoms with Crippen LogP contribution < -0.4 is 4.74 Å². The van der Waals surface area contributed by atoms with Crippen molar-refractivity contribution < 1.29 is 14.3 Å². The lowest BCUT2D eigenvalue weighted by Gasteiger charge is -2.28. The summed E-state index contributed by atoms with van der Waals surface area (Å²) in [5.74, 6) is 0.636. The molecule has 3 nitrogen and oxygen atoms in total. The van der Waals surface area contributed by atoms with Crippen LogP contribution in [0.15, 0.2) is 0 Å².